The molecule has 1 saturated carbocycles. The fourth-order valence-corrected chi connectivity index (χ4v) is 3.23. The highest BCUT2D eigenvalue weighted by molar-refractivity contribution is 7.08. The molecule has 3 rings (SSSR count). The molecule has 2 heterocycles. The van der Waals surface area contributed by atoms with E-state index in [-0.39, 0.29) is 18.1 Å². The summed E-state index contributed by atoms with van der Waals surface area (Å²) in [6.45, 7) is 0. The normalized spacial score (nSPS) is 21.3. The van der Waals surface area contributed by atoms with Crippen LogP contribution in [-0.4, -0.2) is 28.0 Å². The third kappa shape index (κ3) is 3.96. The number of hydrogen-bond donors (Lipinski definition) is 1. The van der Waals surface area contributed by atoms with E-state index in [1.165, 1.54) is 23.7 Å². The van der Waals surface area contributed by atoms with Crippen LogP contribution in [0.5, 0.6) is 6.01 Å². The molecule has 1 N–H and O–H groups in total. The first-order chi connectivity index (χ1) is 10.7. The Hall–Kier alpha value is -1.66. The van der Waals surface area contributed by atoms with Gasteiger partial charge in [0.25, 0.3) is 5.91 Å². The fourth-order valence-electron chi connectivity index (χ4n) is 2.50. The Morgan fingerprint density at radius 2 is 2.00 bits per heavy atom. The van der Waals surface area contributed by atoms with E-state index in [9.17, 15) is 4.79 Å². The Balaban J connectivity index is 1.46. The van der Waals surface area contributed by atoms with Crippen LogP contribution in [0.25, 0.3) is 0 Å². The van der Waals surface area contributed by atoms with Crippen molar-refractivity contribution in [2.45, 2.75) is 37.8 Å². The molecule has 0 aliphatic heterocycles. The van der Waals surface area contributed by atoms with Crippen LogP contribution in [0.4, 0.5) is 0 Å². The van der Waals surface area contributed by atoms with Crippen LogP contribution in [0, 0.1) is 0 Å². The Morgan fingerprint density at radius 3 is 2.64 bits per heavy atom. The van der Waals surface area contributed by atoms with E-state index in [1.54, 1.807) is 0 Å². The van der Waals surface area contributed by atoms with Crippen molar-refractivity contribution >= 4 is 28.8 Å². The highest BCUT2D eigenvalue weighted by Gasteiger charge is 2.24. The molecule has 1 amide bonds. The Morgan fingerprint density at radius 1 is 1.27 bits per heavy atom. The van der Waals surface area contributed by atoms with Crippen molar-refractivity contribution in [3.8, 4) is 6.01 Å². The number of nitrogens with zero attached hydrogens (tertiary/aromatic N) is 2. The second kappa shape index (κ2) is 7.07. The lowest BCUT2D eigenvalue weighted by atomic mass is 9.93. The van der Waals surface area contributed by atoms with Crippen molar-refractivity contribution < 1.29 is 9.53 Å². The first kappa shape index (κ1) is 15.2. The quantitative estimate of drug-likeness (QED) is 0.929. The minimum atomic E-state index is 0.00616. The molecule has 7 heteroatoms. The molecule has 0 aromatic carbocycles. The van der Waals surface area contributed by atoms with E-state index in [1.807, 2.05) is 16.8 Å². The summed E-state index contributed by atoms with van der Waals surface area (Å²) in [7, 11) is 0. The van der Waals surface area contributed by atoms with Gasteiger partial charge in [-0.05, 0) is 37.1 Å². The van der Waals surface area contributed by atoms with Gasteiger partial charge in [0, 0.05) is 17.0 Å². The van der Waals surface area contributed by atoms with E-state index < -0.39 is 0 Å². The summed E-state index contributed by atoms with van der Waals surface area (Å²) in [6, 6.07) is 2.40. The number of carbonyl (C=O) groups excluding carboxylic acids is 1. The maximum atomic E-state index is 12.0. The SMILES string of the molecule is O=C(NC1CCC(Oc2ncc(Cl)cn2)CC1)c1ccsc1. The van der Waals surface area contributed by atoms with Gasteiger partial charge in [-0.2, -0.15) is 11.3 Å². The molecule has 0 radical (unpaired) electrons. The zero-order chi connectivity index (χ0) is 15.4. The third-order valence-electron chi connectivity index (χ3n) is 3.66. The molecule has 1 fully saturated rings. The molecule has 116 valence electrons. The highest BCUT2D eigenvalue weighted by atomic mass is 35.5. The molecule has 2 aromatic heterocycles. The molecule has 0 unspecified atom stereocenters. The first-order valence-corrected chi connectivity index (χ1v) is 8.50. The van der Waals surface area contributed by atoms with Gasteiger partial charge >= 0.3 is 6.01 Å². The van der Waals surface area contributed by atoms with Crippen LogP contribution >= 0.6 is 22.9 Å². The van der Waals surface area contributed by atoms with Gasteiger partial charge < -0.3 is 10.1 Å². The molecule has 0 atom stereocenters. The highest BCUT2D eigenvalue weighted by Crippen LogP contribution is 2.23. The van der Waals surface area contributed by atoms with Crippen molar-refractivity contribution in [3.05, 3.63) is 39.8 Å². The van der Waals surface area contributed by atoms with Gasteiger partial charge in [0.1, 0.15) is 6.10 Å². The summed E-state index contributed by atoms with van der Waals surface area (Å²) in [6.07, 6.45) is 6.69. The minimum absolute atomic E-state index is 0.00616. The molecule has 0 bridgehead atoms. The lowest BCUT2D eigenvalue weighted by molar-refractivity contribution is 0.0885. The Bertz CT molecular complexity index is 610. The zero-order valence-corrected chi connectivity index (χ0v) is 13.4. The molecule has 2 aromatic rings. The summed E-state index contributed by atoms with van der Waals surface area (Å²) >= 11 is 7.27. The zero-order valence-electron chi connectivity index (χ0n) is 11.9. The van der Waals surface area contributed by atoms with Crippen LogP contribution in [-0.2, 0) is 0 Å². The monoisotopic (exact) mass is 337 g/mol. The maximum Gasteiger partial charge on any atom is 0.316 e. The third-order valence-corrected chi connectivity index (χ3v) is 4.54. The van der Waals surface area contributed by atoms with Crippen LogP contribution in [0.3, 0.4) is 0 Å². The van der Waals surface area contributed by atoms with Crippen molar-refractivity contribution in [2.75, 3.05) is 0 Å². The van der Waals surface area contributed by atoms with Gasteiger partial charge in [-0.3, -0.25) is 4.79 Å². The molecule has 1 aliphatic carbocycles. The lowest BCUT2D eigenvalue weighted by Crippen LogP contribution is -2.39. The van der Waals surface area contributed by atoms with E-state index in [0.717, 1.165) is 31.2 Å². The number of amides is 1. The van der Waals surface area contributed by atoms with Crippen molar-refractivity contribution in [1.29, 1.82) is 0 Å². The largest absolute Gasteiger partial charge is 0.460 e. The van der Waals surface area contributed by atoms with Gasteiger partial charge in [0.05, 0.1) is 17.4 Å². The predicted octanol–water partition coefficient (Wildman–Crippen LogP) is 3.31. The van der Waals surface area contributed by atoms with E-state index in [2.05, 4.69) is 15.3 Å². The van der Waals surface area contributed by atoms with Gasteiger partial charge in [-0.25, -0.2) is 9.97 Å². The number of aromatic nitrogens is 2. The molecule has 0 spiro atoms. The maximum absolute atomic E-state index is 12.0. The summed E-state index contributed by atoms with van der Waals surface area (Å²) in [4.78, 5) is 20.1. The van der Waals surface area contributed by atoms with E-state index in [4.69, 9.17) is 16.3 Å². The molecule has 5 nitrogen and oxygen atoms in total. The van der Waals surface area contributed by atoms with Gasteiger partial charge in [0.2, 0.25) is 0 Å². The minimum Gasteiger partial charge on any atom is -0.460 e. The Kier molecular flexibility index (Phi) is 4.90. The van der Waals surface area contributed by atoms with Crippen molar-refractivity contribution in [1.82, 2.24) is 15.3 Å². The van der Waals surface area contributed by atoms with Crippen LogP contribution < -0.4 is 10.1 Å². The number of ether oxygens (including phenoxy) is 1. The summed E-state index contributed by atoms with van der Waals surface area (Å²) in [5, 5.41) is 7.34. The Labute approximate surface area is 137 Å². The first-order valence-electron chi connectivity index (χ1n) is 7.18. The van der Waals surface area contributed by atoms with E-state index >= 15 is 0 Å². The van der Waals surface area contributed by atoms with Crippen LogP contribution in [0.15, 0.2) is 29.2 Å². The number of hydrogen-bond acceptors (Lipinski definition) is 5. The smallest absolute Gasteiger partial charge is 0.316 e. The second-order valence-corrected chi connectivity index (χ2v) is 6.48. The van der Waals surface area contributed by atoms with Crippen LogP contribution in [0.1, 0.15) is 36.0 Å². The average Bonchev–Trinajstić information content (AvgIpc) is 3.06. The second-order valence-electron chi connectivity index (χ2n) is 5.26. The van der Waals surface area contributed by atoms with Crippen LogP contribution in [0.2, 0.25) is 5.02 Å². The number of nitrogens with one attached hydrogen (secondary N) is 1. The van der Waals surface area contributed by atoms with E-state index in [0.29, 0.717) is 11.0 Å². The average molecular weight is 338 g/mol. The molecular weight excluding hydrogens is 322 g/mol. The number of thiophene rings is 1. The van der Waals surface area contributed by atoms with Crippen molar-refractivity contribution in [2.24, 2.45) is 0 Å². The molecular formula is C15H16ClN3O2S. The topological polar surface area (TPSA) is 64.1 Å². The molecule has 1 aliphatic rings. The predicted molar refractivity (Wildman–Crippen MR) is 85.5 cm³/mol. The lowest BCUT2D eigenvalue weighted by Gasteiger charge is -2.28. The molecule has 22 heavy (non-hydrogen) atoms. The number of carbonyl (C=O) groups is 1. The van der Waals surface area contributed by atoms with Gasteiger partial charge in [0.15, 0.2) is 0 Å². The summed E-state index contributed by atoms with van der Waals surface area (Å²) < 4.78 is 5.74. The van der Waals surface area contributed by atoms with Gasteiger partial charge in [-0.15, -0.1) is 0 Å². The molecule has 0 saturated heterocycles. The standard InChI is InChI=1S/C15H16ClN3O2S/c16-11-7-17-15(18-8-11)21-13-3-1-12(2-4-13)19-14(20)10-5-6-22-9-10/h5-9,12-13H,1-4H2,(H,19,20). The summed E-state index contributed by atoms with van der Waals surface area (Å²) in [5.41, 5.74) is 0.734. The van der Waals surface area contributed by atoms with Gasteiger partial charge in [-0.1, -0.05) is 11.6 Å². The number of halogens is 1. The fraction of sp³-hybridized carbons (Fsp3) is 0.400. The number of rotatable bonds is 4. The van der Waals surface area contributed by atoms with Crippen molar-refractivity contribution in [3.63, 3.8) is 0 Å². The summed E-state index contributed by atoms with van der Waals surface area (Å²) in [5.74, 6) is 0.00616.